The van der Waals surface area contributed by atoms with Crippen molar-refractivity contribution in [1.29, 1.82) is 0 Å². The van der Waals surface area contributed by atoms with Crippen molar-refractivity contribution in [2.24, 2.45) is 0 Å². The van der Waals surface area contributed by atoms with Crippen LogP contribution in [0.25, 0.3) is 0 Å². The number of carbonyl (C=O) groups excluding carboxylic acids is 1. The van der Waals surface area contributed by atoms with Crippen LogP contribution in [0.2, 0.25) is 0 Å². The minimum Gasteiger partial charge on any atom is -0.457 e. The van der Waals surface area contributed by atoms with Gasteiger partial charge < -0.3 is 28.8 Å². The molecule has 3 aromatic carbocycles. The molecular weight excluding hydrogens is 460 g/mol. The summed E-state index contributed by atoms with van der Waals surface area (Å²) in [5, 5.41) is 10.9. The van der Waals surface area contributed by atoms with Gasteiger partial charge in [-0.05, 0) is 16.7 Å². The number of carbonyl (C=O) groups is 1. The molecular formula is C29H32O7. The maximum absolute atomic E-state index is 12.1. The Morgan fingerprint density at radius 2 is 1.19 bits per heavy atom. The van der Waals surface area contributed by atoms with E-state index in [2.05, 4.69) is 0 Å². The van der Waals surface area contributed by atoms with Crippen LogP contribution in [0.15, 0.2) is 91.0 Å². The highest BCUT2D eigenvalue weighted by Crippen LogP contribution is 2.29. The minimum absolute atomic E-state index is 0.0977. The molecule has 7 nitrogen and oxygen atoms in total. The van der Waals surface area contributed by atoms with E-state index in [-0.39, 0.29) is 19.8 Å². The third-order valence-electron chi connectivity index (χ3n) is 5.88. The fourth-order valence-corrected chi connectivity index (χ4v) is 4.13. The van der Waals surface area contributed by atoms with Crippen molar-refractivity contribution < 1.29 is 33.6 Å². The van der Waals surface area contributed by atoms with E-state index in [1.807, 2.05) is 91.0 Å². The first-order valence-corrected chi connectivity index (χ1v) is 12.0. The van der Waals surface area contributed by atoms with Crippen LogP contribution in [-0.2, 0) is 48.3 Å². The van der Waals surface area contributed by atoms with Gasteiger partial charge in [0.1, 0.15) is 18.3 Å². The van der Waals surface area contributed by atoms with Gasteiger partial charge in [-0.25, -0.2) is 0 Å². The van der Waals surface area contributed by atoms with E-state index in [1.54, 1.807) is 0 Å². The van der Waals surface area contributed by atoms with Gasteiger partial charge in [-0.1, -0.05) is 91.0 Å². The predicted molar refractivity (Wildman–Crippen MR) is 133 cm³/mol. The maximum Gasteiger partial charge on any atom is 0.303 e. The lowest BCUT2D eigenvalue weighted by molar-refractivity contribution is -0.311. The molecule has 1 heterocycles. The van der Waals surface area contributed by atoms with Crippen molar-refractivity contribution in [2.75, 3.05) is 6.61 Å². The molecule has 0 spiro atoms. The van der Waals surface area contributed by atoms with Crippen molar-refractivity contribution in [1.82, 2.24) is 0 Å². The molecule has 0 radical (unpaired) electrons. The zero-order valence-corrected chi connectivity index (χ0v) is 20.3. The molecule has 1 saturated heterocycles. The highest BCUT2D eigenvalue weighted by atomic mass is 16.7. The Kier molecular flexibility index (Phi) is 9.61. The Hall–Kier alpha value is -3.07. The fraction of sp³-hybridized carbons (Fsp3) is 0.345. The molecule has 0 aliphatic carbocycles. The quantitative estimate of drug-likeness (QED) is 0.405. The number of hydrogen-bond acceptors (Lipinski definition) is 7. The zero-order chi connectivity index (χ0) is 25.2. The van der Waals surface area contributed by atoms with Gasteiger partial charge in [0.25, 0.3) is 0 Å². The molecule has 7 heteroatoms. The van der Waals surface area contributed by atoms with Gasteiger partial charge in [0, 0.05) is 6.92 Å². The van der Waals surface area contributed by atoms with Gasteiger partial charge in [0.2, 0.25) is 0 Å². The third kappa shape index (κ3) is 7.46. The smallest absolute Gasteiger partial charge is 0.303 e. The summed E-state index contributed by atoms with van der Waals surface area (Å²) in [4.78, 5) is 12.1. The number of ether oxygens (including phenoxy) is 5. The Morgan fingerprint density at radius 3 is 1.69 bits per heavy atom. The van der Waals surface area contributed by atoms with Gasteiger partial charge >= 0.3 is 5.97 Å². The zero-order valence-electron chi connectivity index (χ0n) is 20.3. The summed E-state index contributed by atoms with van der Waals surface area (Å²) in [6.07, 6.45) is -4.56. The molecule has 3 aromatic rings. The van der Waals surface area contributed by atoms with Gasteiger partial charge in [-0.2, -0.15) is 0 Å². The number of rotatable bonds is 11. The fourth-order valence-electron chi connectivity index (χ4n) is 4.13. The van der Waals surface area contributed by atoms with Crippen molar-refractivity contribution >= 4 is 5.97 Å². The summed E-state index contributed by atoms with van der Waals surface area (Å²) in [6, 6.07) is 29.0. The van der Waals surface area contributed by atoms with Crippen LogP contribution in [0.5, 0.6) is 0 Å². The molecule has 5 atom stereocenters. The van der Waals surface area contributed by atoms with Crippen LogP contribution in [0.4, 0.5) is 0 Å². The molecule has 0 unspecified atom stereocenters. The molecule has 190 valence electrons. The summed E-state index contributed by atoms with van der Waals surface area (Å²) in [7, 11) is 0. The molecule has 0 amide bonds. The first kappa shape index (κ1) is 26.0. The topological polar surface area (TPSA) is 83.5 Å². The number of aliphatic hydroxyl groups is 1. The predicted octanol–water partition coefficient (Wildman–Crippen LogP) is 4.02. The Labute approximate surface area is 211 Å². The van der Waals surface area contributed by atoms with Crippen molar-refractivity contribution in [3.63, 3.8) is 0 Å². The van der Waals surface area contributed by atoms with Crippen LogP contribution >= 0.6 is 0 Å². The van der Waals surface area contributed by atoms with Crippen LogP contribution in [0, 0.1) is 0 Å². The van der Waals surface area contributed by atoms with Crippen molar-refractivity contribution in [3.8, 4) is 0 Å². The number of esters is 1. The molecule has 1 fully saturated rings. The Bertz CT molecular complexity index is 1040. The second kappa shape index (κ2) is 13.3. The molecule has 1 aliphatic rings. The molecule has 0 aromatic heterocycles. The monoisotopic (exact) mass is 492 g/mol. The summed E-state index contributed by atoms with van der Waals surface area (Å²) in [6.45, 7) is 2.27. The van der Waals surface area contributed by atoms with E-state index in [4.69, 9.17) is 23.7 Å². The van der Waals surface area contributed by atoms with Gasteiger partial charge in [0.15, 0.2) is 12.4 Å². The van der Waals surface area contributed by atoms with Gasteiger partial charge in [-0.15, -0.1) is 0 Å². The molecule has 0 bridgehead atoms. The summed E-state index contributed by atoms with van der Waals surface area (Å²) < 4.78 is 29.8. The van der Waals surface area contributed by atoms with E-state index in [0.717, 1.165) is 16.7 Å². The SMILES string of the molecule is CC(=O)O[C@@H]1[C@H](OCc2ccccc2)[C@@H](OCc2ccccc2)[C@H](O)O[C@@H]1COCc1ccccc1. The summed E-state index contributed by atoms with van der Waals surface area (Å²) in [5.74, 6) is -0.483. The summed E-state index contributed by atoms with van der Waals surface area (Å²) in [5.41, 5.74) is 2.88. The number of hydrogen-bond donors (Lipinski definition) is 1. The van der Waals surface area contributed by atoms with Crippen LogP contribution in [0.1, 0.15) is 23.6 Å². The van der Waals surface area contributed by atoms with Crippen molar-refractivity contribution in [3.05, 3.63) is 108 Å². The summed E-state index contributed by atoms with van der Waals surface area (Å²) >= 11 is 0. The van der Waals surface area contributed by atoms with E-state index in [1.165, 1.54) is 6.92 Å². The standard InChI is InChI=1S/C29H32O7/c1-21(30)35-26-25(20-32-17-22-11-5-2-6-12-22)36-29(31)28(34-19-24-15-9-4-10-16-24)27(26)33-18-23-13-7-3-8-14-23/h2-16,25-29,31H,17-20H2,1H3/t25-,26+,27+,28-,29-/m1/s1. The second-order valence-electron chi connectivity index (χ2n) is 8.66. The molecule has 0 saturated carbocycles. The van der Waals surface area contributed by atoms with Gasteiger partial charge in [-0.3, -0.25) is 4.79 Å². The van der Waals surface area contributed by atoms with E-state index >= 15 is 0 Å². The van der Waals surface area contributed by atoms with E-state index in [9.17, 15) is 9.90 Å². The highest BCUT2D eigenvalue weighted by Gasteiger charge is 2.49. The second-order valence-corrected chi connectivity index (χ2v) is 8.66. The lowest BCUT2D eigenvalue weighted by atomic mass is 9.98. The van der Waals surface area contributed by atoms with Crippen LogP contribution in [0.3, 0.4) is 0 Å². The molecule has 1 aliphatic heterocycles. The first-order valence-electron chi connectivity index (χ1n) is 12.0. The average molecular weight is 493 g/mol. The Morgan fingerprint density at radius 1 is 0.722 bits per heavy atom. The third-order valence-corrected chi connectivity index (χ3v) is 5.88. The Balaban J connectivity index is 1.51. The lowest BCUT2D eigenvalue weighted by Gasteiger charge is -2.43. The van der Waals surface area contributed by atoms with Crippen LogP contribution in [-0.4, -0.2) is 48.4 Å². The molecule has 4 rings (SSSR count). The lowest BCUT2D eigenvalue weighted by Crippen LogP contribution is -2.61. The van der Waals surface area contributed by atoms with Crippen LogP contribution < -0.4 is 0 Å². The normalized spacial score (nSPS) is 23.8. The van der Waals surface area contributed by atoms with Crippen molar-refractivity contribution in [2.45, 2.75) is 57.5 Å². The molecule has 36 heavy (non-hydrogen) atoms. The first-order chi connectivity index (χ1) is 17.6. The van der Waals surface area contributed by atoms with Gasteiger partial charge in [0.05, 0.1) is 26.4 Å². The van der Waals surface area contributed by atoms with E-state index < -0.39 is 36.7 Å². The highest BCUT2D eigenvalue weighted by molar-refractivity contribution is 5.66. The van der Waals surface area contributed by atoms with E-state index in [0.29, 0.717) is 6.61 Å². The average Bonchev–Trinajstić information content (AvgIpc) is 2.90. The maximum atomic E-state index is 12.1. The minimum atomic E-state index is -1.30. The largest absolute Gasteiger partial charge is 0.457 e. The molecule has 1 N–H and O–H groups in total. The number of aliphatic hydroxyl groups excluding tert-OH is 1. The number of benzene rings is 3.